The standard InChI is InChI=1S/3C10H18O7.2C9H16O7.3C8H14O7.8Na/c3*1-3-4(2)16-10-7(13)5(11)6(12)8(17-10)9(14)15;2*1-3(2)15-9-6(12)4(10)5(11)7(16-9)8(13)14;3*1-2-14-8-5(11)3(9)4(10)6(15-8)7(12)13;;;;;;;;/h3*4-8,10-13H,3H2,1-2H3,(H,14,15);2*3-7,9-12H,1-2H3,(H,13,14);3*3-6,8-11H,2H2,1H3,(H,12,13);;;;;;;;/q;;;;;;;;8*+1/p-8/t4?,5-,6+,7?,8?,10+;2*4?,5-,6-,7?,8?,10+;2*4-,5-,6?,7?,9+;3-,4+,5?,6?,8+;2*3-,4-,5?,6?,8+;;;;;;;;/m00000000......../s1. The Balaban J connectivity index is -0.000000228. The molecule has 0 aromatic rings. The zero-order chi connectivity index (χ0) is 99.2. The van der Waals surface area contributed by atoms with Crippen LogP contribution in [0.2, 0.25) is 0 Å². The summed E-state index contributed by atoms with van der Waals surface area (Å²) >= 11 is 0. The first-order chi connectivity index (χ1) is 59.3. The van der Waals surface area contributed by atoms with Crippen LogP contribution in [0.3, 0.4) is 0 Å². The Morgan fingerprint density at radius 2 is 0.309 bits per heavy atom. The number of ether oxygens (including phenoxy) is 16. The third kappa shape index (κ3) is 47.4. The first-order valence-electron chi connectivity index (χ1n) is 39.6. The number of carboxylic acids is 8. The van der Waals surface area contributed by atoms with E-state index in [9.17, 15) is 202 Å². The summed E-state index contributed by atoms with van der Waals surface area (Å²) in [5, 5.41) is 310. The Labute approximate surface area is 955 Å². The van der Waals surface area contributed by atoms with E-state index in [1.165, 1.54) is 0 Å². The van der Waals surface area contributed by atoms with Crippen LogP contribution in [0.4, 0.5) is 0 Å². The van der Waals surface area contributed by atoms with Gasteiger partial charge < -0.3 is 278 Å². The van der Waals surface area contributed by atoms with Gasteiger partial charge in [-0.05, 0) is 88.5 Å². The van der Waals surface area contributed by atoms with Crippen molar-refractivity contribution in [2.24, 2.45) is 0 Å². The molecule has 0 saturated carbocycles. The predicted octanol–water partition coefficient (Wildman–Crippen LogP) is -48.2. The van der Waals surface area contributed by atoms with Crippen molar-refractivity contribution < 1.29 is 514 Å². The first kappa shape index (κ1) is 153. The van der Waals surface area contributed by atoms with Gasteiger partial charge in [-0.3, -0.25) is 0 Å². The fourth-order valence-electron chi connectivity index (χ4n) is 11.3. The number of hydrogen-bond acceptors (Lipinski definition) is 56. The molecule has 8 fully saturated rings. The third-order valence-electron chi connectivity index (χ3n) is 19.0. The van der Waals surface area contributed by atoms with Gasteiger partial charge in [-0.2, -0.15) is 0 Å². The minimum Gasteiger partial charge on any atom is -0.547 e. The largest absolute Gasteiger partial charge is 1.00 e. The van der Waals surface area contributed by atoms with Crippen LogP contribution < -0.4 is 277 Å². The summed E-state index contributed by atoms with van der Waals surface area (Å²) in [6, 6.07) is 0. The first-order valence-corrected chi connectivity index (χ1v) is 39.6. The molecule has 0 aromatic heterocycles. The number of hydrogen-bond donors (Lipinski definition) is 24. The van der Waals surface area contributed by atoms with Crippen molar-refractivity contribution in [2.45, 2.75) is 385 Å². The summed E-state index contributed by atoms with van der Waals surface area (Å²) in [5.74, 6) is -13.3. The molecule has 752 valence electrons. The minimum atomic E-state index is -1.74. The monoisotopic (exact) mass is 2060 g/mol. The predicted molar refractivity (Wildman–Crippen MR) is 383 cm³/mol. The fourth-order valence-corrected chi connectivity index (χ4v) is 11.3. The van der Waals surface area contributed by atoms with E-state index in [-0.39, 0.29) is 287 Å². The van der Waals surface area contributed by atoms with Gasteiger partial charge in [-0.1, -0.05) is 20.8 Å². The summed E-state index contributed by atoms with van der Waals surface area (Å²) in [7, 11) is 0. The molecule has 8 rings (SSSR count). The second-order valence-corrected chi connectivity index (χ2v) is 29.5. The van der Waals surface area contributed by atoms with E-state index < -0.39 is 293 Å². The van der Waals surface area contributed by atoms with E-state index in [1.807, 2.05) is 20.8 Å². The maximum Gasteiger partial charge on any atom is 1.00 e. The minimum absolute atomic E-state index is 0. The van der Waals surface area contributed by atoms with Gasteiger partial charge >= 0.3 is 236 Å². The van der Waals surface area contributed by atoms with Gasteiger partial charge in [0.05, 0.1) is 78.3 Å². The van der Waals surface area contributed by atoms with E-state index in [1.54, 1.807) is 69.2 Å². The van der Waals surface area contributed by atoms with Gasteiger partial charge in [0.25, 0.3) is 0 Å². The summed E-state index contributed by atoms with van der Waals surface area (Å²) in [4.78, 5) is 84.8. The van der Waals surface area contributed by atoms with Crippen LogP contribution in [0.15, 0.2) is 0 Å². The maximum atomic E-state index is 10.7. The molecule has 8 aliphatic rings. The molecule has 64 heteroatoms. The van der Waals surface area contributed by atoms with Crippen molar-refractivity contribution in [3.63, 3.8) is 0 Å². The molecule has 0 aromatic carbocycles. The molecular weight excluding hydrogens is 1940 g/mol. The second kappa shape index (κ2) is 75.8. The van der Waals surface area contributed by atoms with Crippen LogP contribution >= 0.6 is 0 Å². The van der Waals surface area contributed by atoms with Gasteiger partial charge in [0.2, 0.25) is 0 Å². The SMILES string of the molecule is CC(C)O[C@@H]1OC(C(=O)[O-])[C@@H](O)[C@H](O)C1O.CC(C)O[C@@H]1OC(C(=O)[O-])[C@@H](O)[C@H](O)C1O.CCC(C)O[C@@H]1OC(C(=O)[O-])[C@@H](O)[C@H](O)C1O.CCC(C)O[C@@H]1OC(C(=O)[O-])[C@@H](O)[C@H](O)C1O.CCC(C)O[C@@H]1OC(C(=O)[O-])[C@H](O)[C@H](O)C1O.CCO[C@@H]1OC(C(=O)[O-])[C@@H](O)[C@H](O)C1O.CCO[C@@H]1OC(C(=O)[O-])[C@@H](O)[C@H](O)C1O.CCO[C@@H]1OC(C(=O)[O-])[C@H](O)[C@H](O)C1O.[Na+].[Na+].[Na+].[Na+].[Na+].[Na+].[Na+].[Na+]. The number of rotatable bonds is 27. The zero-order valence-electron chi connectivity index (χ0n) is 79.0. The molecule has 19 unspecified atom stereocenters. The van der Waals surface area contributed by atoms with Gasteiger partial charge in [0, 0.05) is 19.8 Å². The number of aliphatic hydroxyl groups is 24. The summed E-state index contributed by atoms with van der Waals surface area (Å²) < 4.78 is 78.8. The number of carbonyl (C=O) groups is 8. The van der Waals surface area contributed by atoms with E-state index >= 15 is 0 Å². The molecule has 24 N–H and O–H groups in total. The van der Waals surface area contributed by atoms with Crippen molar-refractivity contribution >= 4 is 47.8 Å². The van der Waals surface area contributed by atoms with Crippen LogP contribution in [-0.2, 0) is 114 Å². The van der Waals surface area contributed by atoms with E-state index in [0.29, 0.717) is 19.3 Å². The van der Waals surface area contributed by atoms with Crippen LogP contribution in [-0.4, -0.2) is 466 Å². The van der Waals surface area contributed by atoms with Gasteiger partial charge in [-0.15, -0.1) is 0 Å². The molecular formula is C72H120Na8O56. The van der Waals surface area contributed by atoms with E-state index in [2.05, 4.69) is 0 Å². The third-order valence-corrected chi connectivity index (χ3v) is 19.0. The number of carbonyl (C=O) groups excluding carboxylic acids is 8. The second-order valence-electron chi connectivity index (χ2n) is 29.5. The van der Waals surface area contributed by atoms with Gasteiger partial charge in [-0.25, -0.2) is 0 Å². The molecule has 0 spiro atoms. The molecule has 0 bridgehead atoms. The topological polar surface area (TPSA) is 954 Å². The molecule has 43 atom stereocenters. The molecule has 8 saturated heterocycles. The van der Waals surface area contributed by atoms with Crippen LogP contribution in [0.25, 0.3) is 0 Å². The zero-order valence-corrected chi connectivity index (χ0v) is 95.0. The van der Waals surface area contributed by atoms with Crippen LogP contribution in [0, 0.1) is 0 Å². The van der Waals surface area contributed by atoms with Crippen molar-refractivity contribution in [3.05, 3.63) is 0 Å². The summed E-state index contributed by atoms with van der Waals surface area (Å²) in [6.45, 7) is 22.6. The molecule has 0 radical (unpaired) electrons. The average molecular weight is 2070 g/mol. The maximum absolute atomic E-state index is 10.7. The van der Waals surface area contributed by atoms with Crippen molar-refractivity contribution in [1.29, 1.82) is 0 Å². The molecule has 8 heterocycles. The Kier molecular flexibility index (Phi) is 85.5. The van der Waals surface area contributed by atoms with E-state index in [0.717, 1.165) is 0 Å². The molecule has 8 aliphatic heterocycles. The van der Waals surface area contributed by atoms with E-state index in [4.69, 9.17) is 75.8 Å². The summed E-state index contributed by atoms with van der Waals surface area (Å²) in [5.41, 5.74) is 0. The Bertz CT molecular complexity index is 2990. The molecule has 136 heavy (non-hydrogen) atoms. The number of carboxylic acid groups (broad SMARTS) is 8. The van der Waals surface area contributed by atoms with Crippen LogP contribution in [0.5, 0.6) is 0 Å². The van der Waals surface area contributed by atoms with Crippen molar-refractivity contribution in [1.82, 2.24) is 0 Å². The number of aliphatic carboxylic acids is 8. The fraction of sp³-hybridized carbons (Fsp3) is 0.889. The van der Waals surface area contributed by atoms with Crippen LogP contribution in [0.1, 0.15) is 109 Å². The molecule has 0 aliphatic carbocycles. The molecule has 0 amide bonds. The Hall–Kier alpha value is 2.16. The normalized spacial score (nSPS) is 38.1. The molecule has 56 nitrogen and oxygen atoms in total. The summed E-state index contributed by atoms with van der Waals surface area (Å²) in [6.07, 6.45) is -62.8. The van der Waals surface area contributed by atoms with Gasteiger partial charge in [0.1, 0.15) is 195 Å². The smallest absolute Gasteiger partial charge is 0.547 e. The quantitative estimate of drug-likeness (QED) is 0.0340. The number of aliphatic hydroxyl groups excluding tert-OH is 24. The van der Waals surface area contributed by atoms with Crippen molar-refractivity contribution in [2.75, 3.05) is 19.8 Å². The Morgan fingerprint density at radius 1 is 0.199 bits per heavy atom. The Morgan fingerprint density at radius 3 is 0.412 bits per heavy atom. The van der Waals surface area contributed by atoms with Crippen molar-refractivity contribution in [3.8, 4) is 0 Å². The van der Waals surface area contributed by atoms with Gasteiger partial charge in [0.15, 0.2) is 50.3 Å². The average Bonchev–Trinajstić information content (AvgIpc) is 0.739.